The summed E-state index contributed by atoms with van der Waals surface area (Å²) in [7, 11) is 3.37. The molecular weight excluding hydrogens is 517 g/mol. The quantitative estimate of drug-likeness (QED) is 0.180. The van der Waals surface area contributed by atoms with E-state index >= 15 is 0 Å². The number of halogens is 3. The number of hydrazone groups is 1. The van der Waals surface area contributed by atoms with Crippen molar-refractivity contribution in [1.29, 1.82) is 0 Å². The second-order valence-electron chi connectivity index (χ2n) is 8.06. The molecular formula is C26H23F3N6O2S. The number of hydrogen-bond acceptors (Lipinski definition) is 6. The van der Waals surface area contributed by atoms with E-state index in [0.717, 1.165) is 28.1 Å². The van der Waals surface area contributed by atoms with Crippen LogP contribution in [0, 0.1) is 6.92 Å². The Balaban J connectivity index is 1.37. The van der Waals surface area contributed by atoms with E-state index in [2.05, 4.69) is 25.2 Å². The van der Waals surface area contributed by atoms with Gasteiger partial charge in [0.1, 0.15) is 17.8 Å². The van der Waals surface area contributed by atoms with Gasteiger partial charge in [-0.2, -0.15) is 5.10 Å². The Morgan fingerprint density at radius 2 is 1.74 bits per heavy atom. The van der Waals surface area contributed by atoms with E-state index in [9.17, 15) is 13.2 Å². The third-order valence-corrected chi connectivity index (χ3v) is 5.71. The fourth-order valence-electron chi connectivity index (χ4n) is 3.34. The zero-order valence-corrected chi connectivity index (χ0v) is 21.4. The molecule has 12 heteroatoms. The zero-order chi connectivity index (χ0) is 27.3. The number of anilines is 1. The van der Waals surface area contributed by atoms with Crippen molar-refractivity contribution in [3.05, 3.63) is 84.2 Å². The number of nitrogens with zero attached hydrogens (tertiary/aromatic N) is 5. The molecule has 0 aliphatic carbocycles. The lowest BCUT2D eigenvalue weighted by molar-refractivity contribution is -0.274. The molecule has 8 nitrogen and oxygen atoms in total. The molecule has 0 saturated heterocycles. The van der Waals surface area contributed by atoms with Gasteiger partial charge in [-0.3, -0.25) is 0 Å². The molecule has 0 spiro atoms. The monoisotopic (exact) mass is 540 g/mol. The maximum atomic E-state index is 12.4. The topological polar surface area (TPSA) is 76.8 Å². The van der Waals surface area contributed by atoms with Crippen LogP contribution in [-0.4, -0.2) is 51.6 Å². The van der Waals surface area contributed by atoms with Gasteiger partial charge in [-0.1, -0.05) is 24.3 Å². The van der Waals surface area contributed by atoms with Crippen molar-refractivity contribution in [2.45, 2.75) is 13.3 Å². The van der Waals surface area contributed by atoms with Gasteiger partial charge >= 0.3 is 6.36 Å². The summed E-state index contributed by atoms with van der Waals surface area (Å²) < 4.78 is 47.6. The van der Waals surface area contributed by atoms with E-state index in [4.69, 9.17) is 17.0 Å². The Hall–Kier alpha value is -4.45. The van der Waals surface area contributed by atoms with Crippen molar-refractivity contribution < 1.29 is 22.6 Å². The number of alkyl halides is 3. The molecule has 4 aromatic rings. The summed E-state index contributed by atoms with van der Waals surface area (Å²) in [4.78, 5) is 4.30. The third kappa shape index (κ3) is 6.85. The highest BCUT2D eigenvalue weighted by molar-refractivity contribution is 7.80. The molecule has 0 aliphatic heterocycles. The summed E-state index contributed by atoms with van der Waals surface area (Å²) in [5.74, 6) is 0.919. The highest BCUT2D eigenvalue weighted by Crippen LogP contribution is 2.24. The second kappa shape index (κ2) is 11.3. The first kappa shape index (κ1) is 26.6. The Morgan fingerprint density at radius 1 is 1.05 bits per heavy atom. The predicted molar refractivity (Wildman–Crippen MR) is 143 cm³/mol. The molecule has 0 amide bonds. The zero-order valence-electron chi connectivity index (χ0n) is 20.6. The molecule has 4 rings (SSSR count). The van der Waals surface area contributed by atoms with Gasteiger partial charge in [0.2, 0.25) is 0 Å². The number of hydrogen-bond donors (Lipinski definition) is 1. The lowest BCUT2D eigenvalue weighted by Gasteiger charge is -2.17. The van der Waals surface area contributed by atoms with Gasteiger partial charge in [0.05, 0.1) is 19.0 Å². The Morgan fingerprint density at radius 3 is 2.37 bits per heavy atom. The van der Waals surface area contributed by atoms with Crippen molar-refractivity contribution in [1.82, 2.24) is 19.8 Å². The van der Waals surface area contributed by atoms with Crippen molar-refractivity contribution in [2.24, 2.45) is 5.10 Å². The van der Waals surface area contributed by atoms with E-state index in [-0.39, 0.29) is 5.75 Å². The standard InChI is InChI=1S/C26H23F3N6O2S/c1-17-14-22(36-3)12-13-23(17)32-25(38)34(2)31-15-18-4-6-19(7-5-18)24-30-16-35(33-24)20-8-10-21(11-9-20)37-26(27,28)29/h4-16H,1-3H3,(H,32,38). The predicted octanol–water partition coefficient (Wildman–Crippen LogP) is 5.81. The molecule has 0 saturated carbocycles. The average molecular weight is 541 g/mol. The lowest BCUT2D eigenvalue weighted by atomic mass is 10.1. The Kier molecular flexibility index (Phi) is 7.91. The maximum absolute atomic E-state index is 12.4. The molecule has 1 heterocycles. The van der Waals surface area contributed by atoms with Gasteiger partial charge in [-0.15, -0.1) is 18.3 Å². The Labute approximate surface area is 222 Å². The number of thiocarbonyl (C=S) groups is 1. The maximum Gasteiger partial charge on any atom is 0.573 e. The van der Waals surface area contributed by atoms with Crippen LogP contribution in [0.15, 0.2) is 78.2 Å². The first-order valence-electron chi connectivity index (χ1n) is 11.2. The van der Waals surface area contributed by atoms with E-state index < -0.39 is 6.36 Å². The fourth-order valence-corrected chi connectivity index (χ4v) is 3.50. The van der Waals surface area contributed by atoms with E-state index in [1.165, 1.54) is 35.3 Å². The fraction of sp³-hybridized carbons (Fsp3) is 0.154. The molecule has 1 N–H and O–H groups in total. The summed E-state index contributed by atoms with van der Waals surface area (Å²) in [5.41, 5.74) is 3.99. The average Bonchev–Trinajstić information content (AvgIpc) is 3.38. The van der Waals surface area contributed by atoms with E-state index in [0.29, 0.717) is 16.6 Å². The van der Waals surface area contributed by atoms with Crippen LogP contribution in [0.25, 0.3) is 17.1 Å². The number of nitrogens with one attached hydrogen (secondary N) is 1. The van der Waals surface area contributed by atoms with Gasteiger partial charge in [0, 0.05) is 18.3 Å². The summed E-state index contributed by atoms with van der Waals surface area (Å²) >= 11 is 5.45. The molecule has 0 atom stereocenters. The molecule has 0 unspecified atom stereocenters. The number of aryl methyl sites for hydroxylation is 1. The minimum Gasteiger partial charge on any atom is -0.497 e. The normalized spacial score (nSPS) is 11.4. The molecule has 196 valence electrons. The second-order valence-corrected chi connectivity index (χ2v) is 8.44. The number of rotatable bonds is 7. The summed E-state index contributed by atoms with van der Waals surface area (Å²) in [6.45, 7) is 1.96. The van der Waals surface area contributed by atoms with Crippen LogP contribution in [0.4, 0.5) is 18.9 Å². The summed E-state index contributed by atoms with van der Waals surface area (Å²) in [5, 5.41) is 14.0. The minimum atomic E-state index is -4.74. The van der Waals surface area contributed by atoms with Crippen molar-refractivity contribution >= 4 is 29.2 Å². The molecule has 0 bridgehead atoms. The van der Waals surface area contributed by atoms with Gasteiger partial charge in [0.25, 0.3) is 0 Å². The van der Waals surface area contributed by atoms with Crippen molar-refractivity contribution in [3.8, 4) is 28.6 Å². The molecule has 0 fully saturated rings. The van der Waals surface area contributed by atoms with Crippen molar-refractivity contribution in [3.63, 3.8) is 0 Å². The highest BCUT2D eigenvalue weighted by atomic mass is 32.1. The smallest absolute Gasteiger partial charge is 0.497 e. The van der Waals surface area contributed by atoms with Crippen LogP contribution >= 0.6 is 12.2 Å². The first-order valence-corrected chi connectivity index (χ1v) is 11.6. The van der Waals surface area contributed by atoms with Crippen LogP contribution < -0.4 is 14.8 Å². The van der Waals surface area contributed by atoms with Crippen molar-refractivity contribution in [2.75, 3.05) is 19.5 Å². The van der Waals surface area contributed by atoms with E-state index in [1.807, 2.05) is 49.4 Å². The van der Waals surface area contributed by atoms with Gasteiger partial charge in [0.15, 0.2) is 10.9 Å². The first-order chi connectivity index (χ1) is 18.1. The van der Waals surface area contributed by atoms with Gasteiger partial charge in [-0.25, -0.2) is 14.7 Å². The van der Waals surface area contributed by atoms with Gasteiger partial charge in [-0.05, 0) is 72.7 Å². The molecule has 1 aromatic heterocycles. The molecule has 0 aliphatic rings. The van der Waals surface area contributed by atoms with Crippen LogP contribution in [-0.2, 0) is 0 Å². The third-order valence-electron chi connectivity index (χ3n) is 5.34. The molecule has 38 heavy (non-hydrogen) atoms. The van der Waals surface area contributed by atoms with Crippen LogP contribution in [0.1, 0.15) is 11.1 Å². The minimum absolute atomic E-state index is 0.308. The molecule has 3 aromatic carbocycles. The van der Waals surface area contributed by atoms with E-state index in [1.54, 1.807) is 25.4 Å². The lowest BCUT2D eigenvalue weighted by Crippen LogP contribution is -2.27. The number of aromatic nitrogens is 3. The SMILES string of the molecule is COc1ccc(NC(=S)N(C)N=Cc2ccc(-c3ncn(-c4ccc(OC(F)(F)F)cc4)n3)cc2)c(C)c1. The van der Waals surface area contributed by atoms with Crippen LogP contribution in [0.2, 0.25) is 0 Å². The highest BCUT2D eigenvalue weighted by Gasteiger charge is 2.31. The van der Waals surface area contributed by atoms with Gasteiger partial charge < -0.3 is 14.8 Å². The number of ether oxygens (including phenoxy) is 2. The summed E-state index contributed by atoms with van der Waals surface area (Å²) in [6.07, 6.45) is -1.58. The Bertz CT molecular complexity index is 1440. The van der Waals surface area contributed by atoms with Crippen LogP contribution in [0.3, 0.4) is 0 Å². The number of methoxy groups -OCH3 is 1. The number of benzene rings is 3. The summed E-state index contributed by atoms with van der Waals surface area (Å²) in [6, 6.07) is 18.4. The molecule has 0 radical (unpaired) electrons. The van der Waals surface area contributed by atoms with Crippen LogP contribution in [0.5, 0.6) is 11.5 Å². The largest absolute Gasteiger partial charge is 0.573 e.